The van der Waals surface area contributed by atoms with Gasteiger partial charge >= 0.3 is 0 Å². The number of nitrogens with one attached hydrogen (secondary N) is 1. The van der Waals surface area contributed by atoms with E-state index in [0.29, 0.717) is 18.7 Å². The minimum absolute atomic E-state index is 0.000755. The molecule has 1 aliphatic rings. The Kier molecular flexibility index (Phi) is 4.96. The van der Waals surface area contributed by atoms with E-state index in [1.165, 1.54) is 0 Å². The van der Waals surface area contributed by atoms with Crippen LogP contribution in [0.5, 0.6) is 0 Å². The molecular formula is C16H22N2O3. The predicted molar refractivity (Wildman–Crippen MR) is 79.9 cm³/mol. The van der Waals surface area contributed by atoms with Crippen LogP contribution in [0.15, 0.2) is 24.3 Å². The number of aliphatic hydroxyl groups is 1. The minimum atomic E-state index is -0.398. The van der Waals surface area contributed by atoms with E-state index < -0.39 is 6.10 Å². The maximum Gasteiger partial charge on any atom is 0.251 e. The number of benzene rings is 1. The summed E-state index contributed by atoms with van der Waals surface area (Å²) in [5.41, 5.74) is 1.64. The first-order valence-corrected chi connectivity index (χ1v) is 7.28. The molecule has 0 aliphatic carbocycles. The molecule has 0 saturated carbocycles. The van der Waals surface area contributed by atoms with Crippen molar-refractivity contribution in [2.75, 3.05) is 19.6 Å². The number of nitrogens with zero attached hydrogens (tertiary/aromatic N) is 1. The van der Waals surface area contributed by atoms with Crippen molar-refractivity contribution in [2.45, 2.75) is 26.4 Å². The Morgan fingerprint density at radius 2 is 2.05 bits per heavy atom. The van der Waals surface area contributed by atoms with Gasteiger partial charge in [0, 0.05) is 24.6 Å². The first-order chi connectivity index (χ1) is 9.97. The fourth-order valence-electron chi connectivity index (χ4n) is 2.48. The molecule has 1 saturated heterocycles. The van der Waals surface area contributed by atoms with Crippen molar-refractivity contribution in [3.05, 3.63) is 35.4 Å². The lowest BCUT2D eigenvalue weighted by molar-refractivity contribution is -0.129. The summed E-state index contributed by atoms with van der Waals surface area (Å²) in [6.07, 6.45) is 0.417. The van der Waals surface area contributed by atoms with Gasteiger partial charge in [-0.1, -0.05) is 17.7 Å². The van der Waals surface area contributed by atoms with Crippen molar-refractivity contribution in [3.8, 4) is 0 Å². The third kappa shape index (κ3) is 4.04. The highest BCUT2D eigenvalue weighted by atomic mass is 16.3. The standard InChI is InChI=1S/C16H22N2O3/c1-11-3-5-13(6-4-11)16(21)17-9-15(20)18-8-7-14(10-18)12(2)19/h3-6,12,14,19H,7-10H2,1-2H3,(H,17,21). The first-order valence-electron chi connectivity index (χ1n) is 7.28. The lowest BCUT2D eigenvalue weighted by Gasteiger charge is -2.18. The van der Waals surface area contributed by atoms with Gasteiger partial charge in [-0.3, -0.25) is 9.59 Å². The topological polar surface area (TPSA) is 69.6 Å². The number of rotatable bonds is 4. The normalized spacial score (nSPS) is 19.4. The van der Waals surface area contributed by atoms with Gasteiger partial charge in [0.05, 0.1) is 12.6 Å². The van der Waals surface area contributed by atoms with Crippen LogP contribution in [0.1, 0.15) is 29.3 Å². The second-order valence-corrected chi connectivity index (χ2v) is 5.68. The summed E-state index contributed by atoms with van der Waals surface area (Å²) in [5.74, 6) is -0.199. The van der Waals surface area contributed by atoms with Crippen LogP contribution in [-0.4, -0.2) is 47.6 Å². The second-order valence-electron chi connectivity index (χ2n) is 5.68. The summed E-state index contributed by atoms with van der Waals surface area (Å²) < 4.78 is 0. The van der Waals surface area contributed by atoms with E-state index >= 15 is 0 Å². The van der Waals surface area contributed by atoms with Crippen molar-refractivity contribution in [2.24, 2.45) is 5.92 Å². The predicted octanol–water partition coefficient (Wildman–Crippen LogP) is 0.954. The van der Waals surface area contributed by atoms with Crippen molar-refractivity contribution >= 4 is 11.8 Å². The summed E-state index contributed by atoms with van der Waals surface area (Å²) in [6.45, 7) is 4.92. The van der Waals surface area contributed by atoms with Crippen LogP contribution in [0.2, 0.25) is 0 Å². The van der Waals surface area contributed by atoms with Crippen molar-refractivity contribution < 1.29 is 14.7 Å². The van der Waals surface area contributed by atoms with Crippen LogP contribution in [0.3, 0.4) is 0 Å². The summed E-state index contributed by atoms with van der Waals surface area (Å²) in [5, 5.41) is 12.2. The molecule has 2 N–H and O–H groups in total. The van der Waals surface area contributed by atoms with Gasteiger partial charge in [-0.05, 0) is 32.4 Å². The smallest absolute Gasteiger partial charge is 0.251 e. The molecule has 1 aromatic carbocycles. The molecule has 1 aromatic rings. The third-order valence-electron chi connectivity index (χ3n) is 3.97. The largest absolute Gasteiger partial charge is 0.393 e. The SMILES string of the molecule is Cc1ccc(C(=O)NCC(=O)N2CCC(C(C)O)C2)cc1. The number of carbonyl (C=O) groups is 2. The van der Waals surface area contributed by atoms with Crippen LogP contribution >= 0.6 is 0 Å². The number of hydrogen-bond acceptors (Lipinski definition) is 3. The molecule has 1 aliphatic heterocycles. The van der Waals surface area contributed by atoms with Gasteiger partial charge < -0.3 is 15.3 Å². The van der Waals surface area contributed by atoms with Crippen molar-refractivity contribution in [1.82, 2.24) is 10.2 Å². The number of carbonyl (C=O) groups excluding carboxylic acids is 2. The second kappa shape index (κ2) is 6.72. The van der Waals surface area contributed by atoms with Gasteiger partial charge in [-0.2, -0.15) is 0 Å². The monoisotopic (exact) mass is 290 g/mol. The van der Waals surface area contributed by atoms with E-state index in [1.807, 2.05) is 19.1 Å². The maximum absolute atomic E-state index is 12.0. The minimum Gasteiger partial charge on any atom is -0.393 e. The zero-order chi connectivity index (χ0) is 15.4. The van der Waals surface area contributed by atoms with Gasteiger partial charge in [-0.15, -0.1) is 0 Å². The average molecular weight is 290 g/mol. The van der Waals surface area contributed by atoms with E-state index in [4.69, 9.17) is 0 Å². The molecule has 5 heteroatoms. The van der Waals surface area contributed by atoms with Crippen LogP contribution < -0.4 is 5.32 Å². The zero-order valence-electron chi connectivity index (χ0n) is 12.5. The molecule has 114 valence electrons. The molecule has 2 rings (SSSR count). The van der Waals surface area contributed by atoms with Crippen LogP contribution in [0.25, 0.3) is 0 Å². The van der Waals surface area contributed by atoms with Crippen molar-refractivity contribution in [1.29, 1.82) is 0 Å². The molecule has 0 radical (unpaired) electrons. The Labute approximate surface area is 125 Å². The maximum atomic E-state index is 12.0. The van der Waals surface area contributed by atoms with E-state index in [0.717, 1.165) is 12.0 Å². The summed E-state index contributed by atoms with van der Waals surface area (Å²) in [6, 6.07) is 7.22. The Bertz CT molecular complexity index is 511. The Morgan fingerprint density at radius 1 is 1.38 bits per heavy atom. The van der Waals surface area contributed by atoms with Gasteiger partial charge in [0.1, 0.15) is 0 Å². The molecule has 1 heterocycles. The number of likely N-dealkylation sites (tertiary alicyclic amines) is 1. The van der Waals surface area contributed by atoms with E-state index in [1.54, 1.807) is 24.0 Å². The number of aryl methyl sites for hydroxylation is 1. The molecule has 0 spiro atoms. The molecule has 5 nitrogen and oxygen atoms in total. The highest BCUT2D eigenvalue weighted by Crippen LogP contribution is 2.19. The van der Waals surface area contributed by atoms with Crippen molar-refractivity contribution in [3.63, 3.8) is 0 Å². The van der Waals surface area contributed by atoms with Gasteiger partial charge in [0.25, 0.3) is 5.91 Å². The lowest BCUT2D eigenvalue weighted by atomic mass is 10.0. The molecule has 21 heavy (non-hydrogen) atoms. The lowest BCUT2D eigenvalue weighted by Crippen LogP contribution is -2.39. The third-order valence-corrected chi connectivity index (χ3v) is 3.97. The highest BCUT2D eigenvalue weighted by Gasteiger charge is 2.28. The summed E-state index contributed by atoms with van der Waals surface area (Å²) >= 11 is 0. The quantitative estimate of drug-likeness (QED) is 0.867. The van der Waals surface area contributed by atoms with E-state index in [-0.39, 0.29) is 24.3 Å². The Hall–Kier alpha value is -1.88. The van der Waals surface area contributed by atoms with E-state index in [2.05, 4.69) is 5.32 Å². The fraction of sp³-hybridized carbons (Fsp3) is 0.500. The molecule has 2 atom stereocenters. The Morgan fingerprint density at radius 3 is 2.62 bits per heavy atom. The molecule has 0 bridgehead atoms. The Balaban J connectivity index is 1.81. The fourth-order valence-corrected chi connectivity index (χ4v) is 2.48. The molecule has 2 unspecified atom stereocenters. The van der Waals surface area contributed by atoms with Gasteiger partial charge in [-0.25, -0.2) is 0 Å². The molecule has 2 amide bonds. The first kappa shape index (κ1) is 15.5. The molecular weight excluding hydrogens is 268 g/mol. The molecule has 1 fully saturated rings. The molecule has 0 aromatic heterocycles. The van der Waals surface area contributed by atoms with Gasteiger partial charge in [0.15, 0.2) is 0 Å². The number of aliphatic hydroxyl groups excluding tert-OH is 1. The van der Waals surface area contributed by atoms with Crippen LogP contribution in [0, 0.1) is 12.8 Å². The summed E-state index contributed by atoms with van der Waals surface area (Å²) in [4.78, 5) is 25.7. The van der Waals surface area contributed by atoms with E-state index in [9.17, 15) is 14.7 Å². The number of amides is 2. The van der Waals surface area contributed by atoms with Crippen LogP contribution in [0.4, 0.5) is 0 Å². The zero-order valence-corrected chi connectivity index (χ0v) is 12.5. The average Bonchev–Trinajstić information content (AvgIpc) is 2.95. The van der Waals surface area contributed by atoms with Crippen LogP contribution in [-0.2, 0) is 4.79 Å². The highest BCUT2D eigenvalue weighted by molar-refractivity contribution is 5.96. The van der Waals surface area contributed by atoms with Gasteiger partial charge in [0.2, 0.25) is 5.91 Å². The summed E-state index contributed by atoms with van der Waals surface area (Å²) in [7, 11) is 0. The number of hydrogen-bond donors (Lipinski definition) is 2.